The van der Waals surface area contributed by atoms with Crippen molar-refractivity contribution in [2.75, 3.05) is 18.8 Å². The largest absolute Gasteiger partial charge is 0.351 e. The van der Waals surface area contributed by atoms with Gasteiger partial charge in [-0.05, 0) is 48.7 Å². The number of benzene rings is 2. The van der Waals surface area contributed by atoms with Gasteiger partial charge in [-0.15, -0.1) is 11.8 Å². The second-order valence-electron chi connectivity index (χ2n) is 7.02. The minimum Gasteiger partial charge on any atom is -0.351 e. The van der Waals surface area contributed by atoms with E-state index in [0.29, 0.717) is 12.3 Å². The number of halogens is 1. The molecule has 0 unspecified atom stereocenters. The third kappa shape index (κ3) is 6.87. The molecule has 1 heterocycles. The summed E-state index contributed by atoms with van der Waals surface area (Å²) in [5.74, 6) is 1.25. The molecule has 27 heavy (non-hydrogen) atoms. The second-order valence-corrected chi connectivity index (χ2v) is 8.41. The van der Waals surface area contributed by atoms with E-state index in [0.717, 1.165) is 28.4 Å². The van der Waals surface area contributed by atoms with E-state index in [-0.39, 0.29) is 5.91 Å². The van der Waals surface area contributed by atoms with E-state index < -0.39 is 0 Å². The van der Waals surface area contributed by atoms with E-state index in [1.165, 1.54) is 37.9 Å². The number of hydrogen-bond acceptors (Lipinski definition) is 3. The second kappa shape index (κ2) is 10.7. The number of amides is 1. The summed E-state index contributed by atoms with van der Waals surface area (Å²) in [6.07, 6.45) is 3.97. The number of piperidine rings is 1. The number of rotatable bonds is 8. The van der Waals surface area contributed by atoms with E-state index in [1.807, 2.05) is 24.3 Å². The zero-order valence-corrected chi connectivity index (χ0v) is 17.2. The van der Waals surface area contributed by atoms with Crippen LogP contribution in [0.5, 0.6) is 0 Å². The average Bonchev–Trinajstić information content (AvgIpc) is 2.69. The molecule has 2 aromatic rings. The van der Waals surface area contributed by atoms with E-state index >= 15 is 0 Å². The van der Waals surface area contributed by atoms with Crippen LogP contribution in [0.1, 0.15) is 36.0 Å². The molecule has 1 fully saturated rings. The van der Waals surface area contributed by atoms with Crippen LogP contribution >= 0.6 is 23.4 Å². The summed E-state index contributed by atoms with van der Waals surface area (Å²) in [5, 5.41) is 3.78. The lowest BCUT2D eigenvalue weighted by molar-refractivity contribution is -0.118. The molecule has 0 saturated carbocycles. The standard InChI is InChI=1S/C22H27ClN2OS/c23-21-10-3-2-9-20(21)16-27-17-22(26)24-14-18-7-6-8-19(13-18)15-25-11-4-1-5-12-25/h2-3,6-10,13H,1,4-5,11-12,14-17H2,(H,24,26). The van der Waals surface area contributed by atoms with Gasteiger partial charge in [-0.3, -0.25) is 9.69 Å². The SMILES string of the molecule is O=C(CSCc1ccccc1Cl)NCc1cccc(CN2CCCCC2)c1. The van der Waals surface area contributed by atoms with E-state index in [9.17, 15) is 4.79 Å². The van der Waals surface area contributed by atoms with Crippen LogP contribution < -0.4 is 5.32 Å². The third-order valence-electron chi connectivity index (χ3n) is 4.78. The molecule has 0 radical (unpaired) electrons. The number of carbonyl (C=O) groups is 1. The molecule has 3 nitrogen and oxygen atoms in total. The van der Waals surface area contributed by atoms with Crippen LogP contribution in [0.15, 0.2) is 48.5 Å². The van der Waals surface area contributed by atoms with Crippen molar-refractivity contribution in [1.82, 2.24) is 10.2 Å². The molecule has 0 aliphatic carbocycles. The van der Waals surface area contributed by atoms with Gasteiger partial charge >= 0.3 is 0 Å². The molecule has 1 amide bonds. The minimum absolute atomic E-state index is 0.0634. The van der Waals surface area contributed by atoms with E-state index in [4.69, 9.17) is 11.6 Å². The Morgan fingerprint density at radius 1 is 1.04 bits per heavy atom. The molecule has 0 bridgehead atoms. The zero-order chi connectivity index (χ0) is 18.9. The first-order valence-electron chi connectivity index (χ1n) is 9.59. The molecule has 0 aromatic heterocycles. The Morgan fingerprint density at radius 2 is 1.81 bits per heavy atom. The predicted molar refractivity (Wildman–Crippen MR) is 115 cm³/mol. The van der Waals surface area contributed by atoms with E-state index in [1.54, 1.807) is 11.8 Å². The Morgan fingerprint density at radius 3 is 2.63 bits per heavy atom. The number of thioether (sulfide) groups is 1. The smallest absolute Gasteiger partial charge is 0.230 e. The summed E-state index contributed by atoms with van der Waals surface area (Å²) >= 11 is 7.74. The van der Waals surface area contributed by atoms with E-state index in [2.05, 4.69) is 34.5 Å². The predicted octanol–water partition coefficient (Wildman–Crippen LogP) is 4.88. The first-order chi connectivity index (χ1) is 13.2. The Hall–Kier alpha value is -1.49. The number of carbonyl (C=O) groups excluding carboxylic acids is 1. The number of nitrogens with zero attached hydrogens (tertiary/aromatic N) is 1. The molecule has 1 aliphatic heterocycles. The first-order valence-corrected chi connectivity index (χ1v) is 11.1. The lowest BCUT2D eigenvalue weighted by Crippen LogP contribution is -2.29. The monoisotopic (exact) mass is 402 g/mol. The molecule has 5 heteroatoms. The van der Waals surface area contributed by atoms with Crippen LogP contribution in [-0.2, 0) is 23.6 Å². The van der Waals surface area contributed by atoms with Crippen molar-refractivity contribution in [2.45, 2.75) is 38.1 Å². The molecule has 144 valence electrons. The van der Waals surface area contributed by atoms with Gasteiger partial charge in [-0.2, -0.15) is 0 Å². The van der Waals surface area contributed by atoms with Crippen molar-refractivity contribution < 1.29 is 4.79 Å². The van der Waals surface area contributed by atoms with Gasteiger partial charge in [0.05, 0.1) is 5.75 Å². The average molecular weight is 403 g/mol. The summed E-state index contributed by atoms with van der Waals surface area (Å²) in [7, 11) is 0. The molecular formula is C22H27ClN2OS. The lowest BCUT2D eigenvalue weighted by Gasteiger charge is -2.26. The van der Waals surface area contributed by atoms with Crippen molar-refractivity contribution in [2.24, 2.45) is 0 Å². The van der Waals surface area contributed by atoms with Gasteiger partial charge in [0.15, 0.2) is 0 Å². The van der Waals surface area contributed by atoms with Crippen molar-refractivity contribution in [3.8, 4) is 0 Å². The molecule has 1 saturated heterocycles. The van der Waals surface area contributed by atoms with Gasteiger partial charge in [0.1, 0.15) is 0 Å². The molecule has 0 atom stereocenters. The summed E-state index contributed by atoms with van der Waals surface area (Å²) in [5.41, 5.74) is 3.56. The van der Waals surface area contributed by atoms with Crippen LogP contribution in [0.2, 0.25) is 5.02 Å². The molecule has 1 aliphatic rings. The van der Waals surface area contributed by atoms with Gasteiger partial charge in [0.25, 0.3) is 0 Å². The molecule has 1 N–H and O–H groups in total. The summed E-state index contributed by atoms with van der Waals surface area (Å²) < 4.78 is 0. The van der Waals surface area contributed by atoms with Crippen LogP contribution in [-0.4, -0.2) is 29.6 Å². The maximum absolute atomic E-state index is 12.1. The fourth-order valence-electron chi connectivity index (χ4n) is 3.33. The Kier molecular flexibility index (Phi) is 8.06. The highest BCUT2D eigenvalue weighted by Gasteiger charge is 2.10. The maximum Gasteiger partial charge on any atom is 0.230 e. The maximum atomic E-state index is 12.1. The topological polar surface area (TPSA) is 32.3 Å². The van der Waals surface area contributed by atoms with Gasteiger partial charge < -0.3 is 5.32 Å². The normalized spacial score (nSPS) is 14.9. The highest BCUT2D eigenvalue weighted by atomic mass is 35.5. The molecule has 3 rings (SSSR count). The Bertz CT molecular complexity index is 747. The Labute approximate surface area is 171 Å². The van der Waals surface area contributed by atoms with Crippen molar-refractivity contribution >= 4 is 29.3 Å². The highest BCUT2D eigenvalue weighted by molar-refractivity contribution is 7.99. The lowest BCUT2D eigenvalue weighted by atomic mass is 10.1. The van der Waals surface area contributed by atoms with Crippen LogP contribution in [0.4, 0.5) is 0 Å². The Balaban J connectivity index is 1.40. The van der Waals surface area contributed by atoms with Gasteiger partial charge in [0.2, 0.25) is 5.91 Å². The third-order valence-corrected chi connectivity index (χ3v) is 6.13. The van der Waals surface area contributed by atoms with Gasteiger partial charge in [0, 0.05) is 23.9 Å². The fourth-order valence-corrected chi connectivity index (χ4v) is 4.48. The van der Waals surface area contributed by atoms with Gasteiger partial charge in [-0.25, -0.2) is 0 Å². The minimum atomic E-state index is 0.0634. The molecule has 0 spiro atoms. The van der Waals surface area contributed by atoms with Crippen molar-refractivity contribution in [1.29, 1.82) is 0 Å². The van der Waals surface area contributed by atoms with Crippen LogP contribution in [0, 0.1) is 0 Å². The number of nitrogens with one attached hydrogen (secondary N) is 1. The summed E-state index contributed by atoms with van der Waals surface area (Å²) in [4.78, 5) is 14.6. The molecule has 2 aromatic carbocycles. The first kappa shape index (κ1) is 20.2. The number of likely N-dealkylation sites (tertiary alicyclic amines) is 1. The summed E-state index contributed by atoms with van der Waals surface area (Å²) in [6.45, 7) is 3.99. The van der Waals surface area contributed by atoms with Gasteiger partial charge in [-0.1, -0.05) is 60.5 Å². The zero-order valence-electron chi connectivity index (χ0n) is 15.6. The van der Waals surface area contributed by atoms with Crippen LogP contribution in [0.25, 0.3) is 0 Å². The molecular weight excluding hydrogens is 376 g/mol. The summed E-state index contributed by atoms with van der Waals surface area (Å²) in [6, 6.07) is 16.3. The highest BCUT2D eigenvalue weighted by Crippen LogP contribution is 2.20. The van der Waals surface area contributed by atoms with Crippen LogP contribution in [0.3, 0.4) is 0 Å². The number of hydrogen-bond donors (Lipinski definition) is 1. The van der Waals surface area contributed by atoms with Crippen molar-refractivity contribution in [3.05, 3.63) is 70.2 Å². The quantitative estimate of drug-likeness (QED) is 0.683. The van der Waals surface area contributed by atoms with Crippen molar-refractivity contribution in [3.63, 3.8) is 0 Å². The fraction of sp³-hybridized carbons (Fsp3) is 0.409.